The Bertz CT molecular complexity index is 194. The van der Waals surface area contributed by atoms with Gasteiger partial charge in [-0.15, -0.1) is 0 Å². The molecule has 0 radical (unpaired) electrons. The molecule has 3 nitrogen and oxygen atoms in total. The first-order valence-electron chi connectivity index (χ1n) is 5.41. The van der Waals surface area contributed by atoms with Crippen LogP contribution in [0.5, 0.6) is 0 Å². The Morgan fingerprint density at radius 2 is 2.29 bits per heavy atom. The number of hydrogen-bond acceptors (Lipinski definition) is 3. The predicted octanol–water partition coefficient (Wildman–Crippen LogP) is 1.29. The summed E-state index contributed by atoms with van der Waals surface area (Å²) < 4.78 is 5.08. The highest BCUT2D eigenvalue weighted by Gasteiger charge is 2.46. The molecule has 0 amide bonds. The maximum Gasteiger partial charge on any atom is 0.0848 e. The molecule has 1 saturated carbocycles. The van der Waals surface area contributed by atoms with Crippen LogP contribution in [0.25, 0.3) is 0 Å². The van der Waals surface area contributed by atoms with E-state index >= 15 is 0 Å². The Labute approximate surface area is 86.6 Å². The molecule has 0 aromatic carbocycles. The summed E-state index contributed by atoms with van der Waals surface area (Å²) in [5, 5.41) is 10.5. The molecule has 0 heterocycles. The van der Waals surface area contributed by atoms with Gasteiger partial charge in [-0.3, -0.25) is 0 Å². The summed E-state index contributed by atoms with van der Waals surface area (Å²) in [6.07, 6.45) is 3.86. The zero-order valence-corrected chi connectivity index (χ0v) is 9.55. The Kier molecular flexibility index (Phi) is 3.56. The number of rotatable bonds is 3. The van der Waals surface area contributed by atoms with Gasteiger partial charge < -0.3 is 15.6 Å². The molecule has 0 aliphatic heterocycles. The van der Waals surface area contributed by atoms with Crippen LogP contribution in [-0.2, 0) is 4.74 Å². The van der Waals surface area contributed by atoms with Gasteiger partial charge in [0.15, 0.2) is 0 Å². The second-order valence-corrected chi connectivity index (χ2v) is 5.08. The molecule has 1 aliphatic carbocycles. The lowest BCUT2D eigenvalue weighted by atomic mass is 9.69. The van der Waals surface area contributed by atoms with E-state index < -0.39 is 11.1 Å². The van der Waals surface area contributed by atoms with E-state index in [1.54, 1.807) is 7.11 Å². The lowest BCUT2D eigenvalue weighted by Crippen LogP contribution is -2.62. The number of methoxy groups -OCH3 is 1. The van der Waals surface area contributed by atoms with Crippen LogP contribution in [0.4, 0.5) is 0 Å². The fraction of sp³-hybridized carbons (Fsp3) is 1.00. The summed E-state index contributed by atoms with van der Waals surface area (Å²) in [6.45, 7) is 4.47. The van der Waals surface area contributed by atoms with Gasteiger partial charge in [0, 0.05) is 7.11 Å². The first-order chi connectivity index (χ1) is 6.41. The lowest BCUT2D eigenvalue weighted by molar-refractivity contribution is -0.0917. The summed E-state index contributed by atoms with van der Waals surface area (Å²) >= 11 is 0. The molecule has 84 valence electrons. The Morgan fingerprint density at radius 1 is 1.64 bits per heavy atom. The second-order valence-electron chi connectivity index (χ2n) is 5.08. The number of aliphatic hydroxyl groups is 1. The third-order valence-corrected chi connectivity index (χ3v) is 3.48. The van der Waals surface area contributed by atoms with Gasteiger partial charge in [0.2, 0.25) is 0 Å². The highest BCUT2D eigenvalue weighted by molar-refractivity contribution is 5.03. The number of hydrogen-bond donors (Lipinski definition) is 2. The highest BCUT2D eigenvalue weighted by Crippen LogP contribution is 2.38. The van der Waals surface area contributed by atoms with Gasteiger partial charge in [-0.1, -0.05) is 19.8 Å². The van der Waals surface area contributed by atoms with Crippen molar-refractivity contribution in [3.8, 4) is 0 Å². The van der Waals surface area contributed by atoms with Crippen molar-refractivity contribution in [3.63, 3.8) is 0 Å². The van der Waals surface area contributed by atoms with Crippen LogP contribution in [0.2, 0.25) is 0 Å². The van der Waals surface area contributed by atoms with E-state index in [4.69, 9.17) is 10.5 Å². The monoisotopic (exact) mass is 201 g/mol. The Hall–Kier alpha value is -0.120. The predicted molar refractivity (Wildman–Crippen MR) is 57.1 cm³/mol. The molecule has 0 aromatic heterocycles. The largest absolute Gasteiger partial charge is 0.388 e. The average Bonchev–Trinajstić information content (AvgIpc) is 2.03. The fourth-order valence-corrected chi connectivity index (χ4v) is 2.48. The minimum atomic E-state index is -0.749. The Morgan fingerprint density at radius 3 is 2.79 bits per heavy atom. The molecule has 0 saturated heterocycles. The van der Waals surface area contributed by atoms with Crippen LogP contribution >= 0.6 is 0 Å². The zero-order chi connectivity index (χ0) is 10.8. The fourth-order valence-electron chi connectivity index (χ4n) is 2.48. The molecular weight excluding hydrogens is 178 g/mol. The van der Waals surface area contributed by atoms with Crippen LogP contribution in [0.1, 0.15) is 39.5 Å². The normalized spacial score (nSPS) is 37.9. The van der Waals surface area contributed by atoms with E-state index in [9.17, 15) is 5.11 Å². The van der Waals surface area contributed by atoms with Gasteiger partial charge >= 0.3 is 0 Å². The molecule has 1 rings (SSSR count). The minimum absolute atomic E-state index is 0.413. The molecule has 3 heteroatoms. The van der Waals surface area contributed by atoms with Gasteiger partial charge in [0.05, 0.1) is 17.7 Å². The summed E-state index contributed by atoms with van der Waals surface area (Å²) in [5.41, 5.74) is 4.75. The van der Waals surface area contributed by atoms with Crippen molar-refractivity contribution in [2.24, 2.45) is 11.7 Å². The maximum absolute atomic E-state index is 10.5. The lowest BCUT2D eigenvalue weighted by Gasteiger charge is -2.46. The molecule has 0 aromatic rings. The number of ether oxygens (including phenoxy) is 1. The van der Waals surface area contributed by atoms with Crippen molar-refractivity contribution in [2.45, 2.75) is 50.7 Å². The molecular formula is C11H23NO2. The first-order valence-corrected chi connectivity index (χ1v) is 5.41. The summed E-state index contributed by atoms with van der Waals surface area (Å²) in [6, 6.07) is 0. The average molecular weight is 201 g/mol. The summed E-state index contributed by atoms with van der Waals surface area (Å²) in [4.78, 5) is 0. The third-order valence-electron chi connectivity index (χ3n) is 3.48. The van der Waals surface area contributed by atoms with Crippen molar-refractivity contribution in [3.05, 3.63) is 0 Å². The van der Waals surface area contributed by atoms with E-state index in [0.29, 0.717) is 12.5 Å². The van der Waals surface area contributed by atoms with E-state index in [0.717, 1.165) is 19.3 Å². The number of nitrogens with two attached hydrogens (primary N) is 1. The van der Waals surface area contributed by atoms with Crippen LogP contribution < -0.4 is 5.73 Å². The Balaban J connectivity index is 2.71. The maximum atomic E-state index is 10.5. The second kappa shape index (κ2) is 4.17. The molecule has 3 N–H and O–H groups in total. The van der Waals surface area contributed by atoms with Gasteiger partial charge in [-0.05, 0) is 25.7 Å². The smallest absolute Gasteiger partial charge is 0.0848 e. The van der Waals surface area contributed by atoms with Crippen molar-refractivity contribution in [2.75, 3.05) is 13.7 Å². The quantitative estimate of drug-likeness (QED) is 0.723. The summed E-state index contributed by atoms with van der Waals surface area (Å²) in [5.74, 6) is 0.563. The molecule has 3 unspecified atom stereocenters. The molecule has 1 fully saturated rings. The molecule has 1 aliphatic rings. The van der Waals surface area contributed by atoms with E-state index in [1.807, 2.05) is 6.92 Å². The van der Waals surface area contributed by atoms with Crippen LogP contribution in [0.3, 0.4) is 0 Å². The van der Waals surface area contributed by atoms with Crippen LogP contribution in [0.15, 0.2) is 0 Å². The van der Waals surface area contributed by atoms with Crippen LogP contribution in [0, 0.1) is 5.92 Å². The molecule has 0 spiro atoms. The van der Waals surface area contributed by atoms with Gasteiger partial charge in [0.1, 0.15) is 0 Å². The zero-order valence-electron chi connectivity index (χ0n) is 9.55. The van der Waals surface area contributed by atoms with Gasteiger partial charge in [-0.2, -0.15) is 0 Å². The molecule has 14 heavy (non-hydrogen) atoms. The minimum Gasteiger partial charge on any atom is -0.388 e. The summed E-state index contributed by atoms with van der Waals surface area (Å²) in [7, 11) is 1.63. The van der Waals surface area contributed by atoms with E-state index in [-0.39, 0.29) is 0 Å². The van der Waals surface area contributed by atoms with Crippen molar-refractivity contribution >= 4 is 0 Å². The van der Waals surface area contributed by atoms with E-state index in [2.05, 4.69) is 6.92 Å². The first kappa shape index (κ1) is 12.0. The van der Waals surface area contributed by atoms with Crippen LogP contribution in [-0.4, -0.2) is 30.0 Å². The molecule has 0 bridgehead atoms. The SMILES string of the molecule is COCC(C)(N)C1(O)CCCC(C)C1. The van der Waals surface area contributed by atoms with Gasteiger partial charge in [0.25, 0.3) is 0 Å². The van der Waals surface area contributed by atoms with E-state index in [1.165, 1.54) is 6.42 Å². The highest BCUT2D eigenvalue weighted by atomic mass is 16.5. The molecule has 3 atom stereocenters. The topological polar surface area (TPSA) is 55.5 Å². The standard InChI is InChI=1S/C11H23NO2/c1-9-5-4-6-11(13,7-9)10(2,12)8-14-3/h9,13H,4-8,12H2,1-3H3. The van der Waals surface area contributed by atoms with Crippen molar-refractivity contribution in [1.82, 2.24) is 0 Å². The van der Waals surface area contributed by atoms with Crippen molar-refractivity contribution < 1.29 is 9.84 Å². The van der Waals surface area contributed by atoms with Crippen molar-refractivity contribution in [1.29, 1.82) is 0 Å². The van der Waals surface area contributed by atoms with Gasteiger partial charge in [-0.25, -0.2) is 0 Å². The third kappa shape index (κ3) is 2.27.